The van der Waals surface area contributed by atoms with Crippen LogP contribution >= 0.6 is 0 Å². The Hall–Kier alpha value is -3.55. The van der Waals surface area contributed by atoms with Crippen molar-refractivity contribution in [1.82, 2.24) is 19.9 Å². The van der Waals surface area contributed by atoms with Crippen molar-refractivity contribution in [3.8, 4) is 0 Å². The Bertz CT molecular complexity index is 1130. The first-order valence-corrected chi connectivity index (χ1v) is 10.6. The molecule has 3 heterocycles. The van der Waals surface area contributed by atoms with Crippen LogP contribution in [0.2, 0.25) is 0 Å². The highest BCUT2D eigenvalue weighted by Crippen LogP contribution is 2.28. The van der Waals surface area contributed by atoms with E-state index >= 15 is 0 Å². The Morgan fingerprint density at radius 2 is 1.58 bits per heavy atom. The van der Waals surface area contributed by atoms with Crippen molar-refractivity contribution < 1.29 is 14.4 Å². The number of piperidine rings is 1. The van der Waals surface area contributed by atoms with Gasteiger partial charge in [-0.1, -0.05) is 35.5 Å². The zero-order valence-electron chi connectivity index (χ0n) is 17.1. The van der Waals surface area contributed by atoms with Crippen LogP contribution in [0.4, 0.5) is 5.69 Å². The Kier molecular flexibility index (Phi) is 4.97. The summed E-state index contributed by atoms with van der Waals surface area (Å²) in [5.74, 6) is -0.622. The van der Waals surface area contributed by atoms with Gasteiger partial charge in [-0.15, -0.1) is 5.10 Å². The van der Waals surface area contributed by atoms with E-state index in [0.29, 0.717) is 43.5 Å². The summed E-state index contributed by atoms with van der Waals surface area (Å²) in [6.07, 6.45) is 1.40. The molecule has 0 saturated carbocycles. The van der Waals surface area contributed by atoms with Crippen LogP contribution in [0.5, 0.6) is 0 Å². The Balaban J connectivity index is 1.21. The molecular formula is C23H23N5O3. The number of fused-ring (bicyclic) bond motifs is 1. The zero-order valence-corrected chi connectivity index (χ0v) is 17.1. The molecule has 3 aromatic rings. The van der Waals surface area contributed by atoms with Gasteiger partial charge in [-0.25, -0.2) is 0 Å². The Morgan fingerprint density at radius 3 is 2.35 bits per heavy atom. The molecule has 31 heavy (non-hydrogen) atoms. The maximum Gasteiger partial charge on any atom is 0.252 e. The molecule has 8 nitrogen and oxygen atoms in total. The SMILES string of the molecule is O=C(C1CC(=O)N(c2ccccc2)C1)N1CCC(C(=O)n2nnc3ccccc32)CC1. The fourth-order valence-electron chi connectivity index (χ4n) is 4.54. The molecule has 1 atom stereocenters. The van der Waals surface area contributed by atoms with E-state index in [1.807, 2.05) is 54.6 Å². The van der Waals surface area contributed by atoms with Gasteiger partial charge in [-0.3, -0.25) is 14.4 Å². The molecule has 5 rings (SSSR count). The minimum absolute atomic E-state index is 0.00360. The average Bonchev–Trinajstić information content (AvgIpc) is 3.42. The highest BCUT2D eigenvalue weighted by Gasteiger charge is 2.39. The Labute approximate surface area is 179 Å². The first-order valence-electron chi connectivity index (χ1n) is 10.6. The summed E-state index contributed by atoms with van der Waals surface area (Å²) < 4.78 is 1.38. The van der Waals surface area contributed by atoms with E-state index in [-0.39, 0.29) is 36.0 Å². The molecule has 0 radical (unpaired) electrons. The number of carbonyl (C=O) groups excluding carboxylic acids is 3. The first-order chi connectivity index (χ1) is 15.1. The topological polar surface area (TPSA) is 88.4 Å². The van der Waals surface area contributed by atoms with Crippen molar-refractivity contribution >= 4 is 34.4 Å². The lowest BCUT2D eigenvalue weighted by atomic mass is 9.94. The largest absolute Gasteiger partial charge is 0.342 e. The third kappa shape index (κ3) is 3.58. The van der Waals surface area contributed by atoms with Gasteiger partial charge in [-0.2, -0.15) is 4.68 Å². The number of hydrogen-bond acceptors (Lipinski definition) is 5. The minimum Gasteiger partial charge on any atom is -0.342 e. The van der Waals surface area contributed by atoms with E-state index < -0.39 is 0 Å². The number of carbonyl (C=O) groups is 3. The molecule has 2 amide bonds. The zero-order chi connectivity index (χ0) is 21.4. The second-order valence-corrected chi connectivity index (χ2v) is 8.17. The molecule has 0 bridgehead atoms. The number of aromatic nitrogens is 3. The van der Waals surface area contributed by atoms with Crippen molar-refractivity contribution in [2.24, 2.45) is 11.8 Å². The van der Waals surface area contributed by atoms with E-state index in [9.17, 15) is 14.4 Å². The summed E-state index contributed by atoms with van der Waals surface area (Å²) >= 11 is 0. The second-order valence-electron chi connectivity index (χ2n) is 8.17. The lowest BCUT2D eigenvalue weighted by Crippen LogP contribution is -2.44. The van der Waals surface area contributed by atoms with E-state index in [2.05, 4.69) is 10.3 Å². The monoisotopic (exact) mass is 417 g/mol. The third-order valence-electron chi connectivity index (χ3n) is 6.26. The van der Waals surface area contributed by atoms with Crippen molar-refractivity contribution in [3.63, 3.8) is 0 Å². The van der Waals surface area contributed by atoms with Gasteiger partial charge in [0.05, 0.1) is 11.4 Å². The maximum atomic E-state index is 13.0. The minimum atomic E-state index is -0.334. The van der Waals surface area contributed by atoms with Crippen LogP contribution in [-0.4, -0.2) is 57.2 Å². The van der Waals surface area contributed by atoms with Gasteiger partial charge >= 0.3 is 0 Å². The molecule has 2 saturated heterocycles. The van der Waals surface area contributed by atoms with Crippen molar-refractivity contribution in [2.75, 3.05) is 24.5 Å². The summed E-state index contributed by atoms with van der Waals surface area (Å²) in [5.41, 5.74) is 2.22. The van der Waals surface area contributed by atoms with Gasteiger partial charge in [0.25, 0.3) is 5.91 Å². The average molecular weight is 417 g/mol. The lowest BCUT2D eigenvalue weighted by molar-refractivity contribution is -0.137. The number of amides is 2. The van der Waals surface area contributed by atoms with E-state index in [0.717, 1.165) is 5.69 Å². The molecule has 0 N–H and O–H groups in total. The van der Waals surface area contributed by atoms with Crippen LogP contribution in [0.3, 0.4) is 0 Å². The lowest BCUT2D eigenvalue weighted by Gasteiger charge is -2.32. The van der Waals surface area contributed by atoms with Crippen LogP contribution in [0.25, 0.3) is 11.0 Å². The summed E-state index contributed by atoms with van der Waals surface area (Å²) in [7, 11) is 0. The summed E-state index contributed by atoms with van der Waals surface area (Å²) in [5, 5.41) is 8.09. The molecule has 158 valence electrons. The number of anilines is 1. The van der Waals surface area contributed by atoms with Gasteiger partial charge in [0.15, 0.2) is 0 Å². The smallest absolute Gasteiger partial charge is 0.252 e. The fraction of sp³-hybridized carbons (Fsp3) is 0.348. The normalized spacial score (nSPS) is 19.9. The number of likely N-dealkylation sites (tertiary alicyclic amines) is 1. The number of nitrogens with zero attached hydrogens (tertiary/aromatic N) is 5. The van der Waals surface area contributed by atoms with E-state index in [4.69, 9.17) is 0 Å². The molecule has 2 aromatic carbocycles. The number of rotatable bonds is 3. The molecule has 2 aliphatic rings. The van der Waals surface area contributed by atoms with E-state index in [1.54, 1.807) is 9.80 Å². The van der Waals surface area contributed by atoms with Crippen LogP contribution < -0.4 is 4.90 Å². The number of para-hydroxylation sites is 2. The quantitative estimate of drug-likeness (QED) is 0.653. The van der Waals surface area contributed by atoms with Crippen molar-refractivity contribution in [1.29, 1.82) is 0 Å². The maximum absolute atomic E-state index is 13.0. The predicted molar refractivity (Wildman–Crippen MR) is 114 cm³/mol. The molecule has 0 aliphatic carbocycles. The number of hydrogen-bond donors (Lipinski definition) is 0. The van der Waals surface area contributed by atoms with Crippen LogP contribution in [-0.2, 0) is 9.59 Å². The van der Waals surface area contributed by atoms with Gasteiger partial charge in [-0.05, 0) is 37.1 Å². The Morgan fingerprint density at radius 1 is 0.871 bits per heavy atom. The van der Waals surface area contributed by atoms with Gasteiger partial charge < -0.3 is 9.80 Å². The van der Waals surface area contributed by atoms with Gasteiger partial charge in [0.1, 0.15) is 5.52 Å². The summed E-state index contributed by atoms with van der Waals surface area (Å²) in [6, 6.07) is 16.8. The first kappa shape index (κ1) is 19.4. The molecule has 0 spiro atoms. The second kappa shape index (κ2) is 7.94. The van der Waals surface area contributed by atoms with Crippen LogP contribution in [0.15, 0.2) is 54.6 Å². The number of benzene rings is 2. The molecule has 1 aromatic heterocycles. The molecule has 1 unspecified atom stereocenters. The van der Waals surface area contributed by atoms with Crippen LogP contribution in [0, 0.1) is 11.8 Å². The molecule has 2 fully saturated rings. The highest BCUT2D eigenvalue weighted by atomic mass is 16.2. The molecule has 2 aliphatic heterocycles. The summed E-state index contributed by atoms with van der Waals surface area (Å²) in [4.78, 5) is 41.9. The van der Waals surface area contributed by atoms with Crippen LogP contribution in [0.1, 0.15) is 24.1 Å². The van der Waals surface area contributed by atoms with Gasteiger partial charge in [0, 0.05) is 37.7 Å². The molecule has 8 heteroatoms. The molecular weight excluding hydrogens is 394 g/mol. The fourth-order valence-corrected chi connectivity index (χ4v) is 4.54. The van der Waals surface area contributed by atoms with Gasteiger partial charge in [0.2, 0.25) is 11.8 Å². The predicted octanol–water partition coefficient (Wildman–Crippen LogP) is 2.36. The third-order valence-corrected chi connectivity index (χ3v) is 6.26. The van der Waals surface area contributed by atoms with Crippen molar-refractivity contribution in [3.05, 3.63) is 54.6 Å². The van der Waals surface area contributed by atoms with Crippen molar-refractivity contribution in [2.45, 2.75) is 19.3 Å². The highest BCUT2D eigenvalue weighted by molar-refractivity contribution is 6.00. The summed E-state index contributed by atoms with van der Waals surface area (Å²) in [6.45, 7) is 1.43. The van der Waals surface area contributed by atoms with E-state index in [1.165, 1.54) is 4.68 Å². The standard InChI is InChI=1S/C23H23N5O3/c29-21-14-17(15-27(21)18-6-2-1-3-7-18)22(30)26-12-10-16(11-13-26)23(31)28-20-9-5-4-8-19(20)24-25-28/h1-9,16-17H,10-15H2.